The molecule has 2 aromatic rings. The monoisotopic (exact) mass is 274 g/mol. The number of para-hydroxylation sites is 1. The van der Waals surface area contributed by atoms with Crippen molar-refractivity contribution < 1.29 is 9.50 Å². The molecule has 2 aromatic carbocycles. The van der Waals surface area contributed by atoms with Gasteiger partial charge in [0.25, 0.3) is 0 Å². The average Bonchev–Trinajstić information content (AvgIpc) is 2.42. The van der Waals surface area contributed by atoms with Gasteiger partial charge < -0.3 is 10.8 Å². The Morgan fingerprint density at radius 1 is 1.15 bits per heavy atom. The predicted octanol–water partition coefficient (Wildman–Crippen LogP) is 2.57. The maximum Gasteiger partial charge on any atom is 0.123 e. The molecule has 0 aliphatic rings. The summed E-state index contributed by atoms with van der Waals surface area (Å²) in [7, 11) is 1.92. The Kier molecular flexibility index (Phi) is 4.71. The van der Waals surface area contributed by atoms with Crippen LogP contribution in [-0.2, 0) is 6.54 Å². The second-order valence-corrected chi connectivity index (χ2v) is 4.96. The van der Waals surface area contributed by atoms with E-state index in [0.717, 1.165) is 11.3 Å². The van der Waals surface area contributed by atoms with Crippen LogP contribution in [0.1, 0.15) is 17.2 Å². The summed E-state index contributed by atoms with van der Waals surface area (Å²) in [5.74, 6) is -0.300. The maximum absolute atomic E-state index is 12.8. The number of rotatable bonds is 5. The number of hydrogen-bond acceptors (Lipinski definition) is 3. The highest BCUT2D eigenvalue weighted by Crippen LogP contribution is 2.17. The minimum Gasteiger partial charge on any atom is -0.398 e. The summed E-state index contributed by atoms with van der Waals surface area (Å²) >= 11 is 0. The van der Waals surface area contributed by atoms with E-state index in [1.165, 1.54) is 12.1 Å². The molecule has 0 spiro atoms. The number of halogens is 1. The molecule has 0 unspecified atom stereocenters. The number of likely N-dealkylation sites (N-methyl/N-ethyl adjacent to an activating group) is 1. The van der Waals surface area contributed by atoms with Gasteiger partial charge >= 0.3 is 0 Å². The first kappa shape index (κ1) is 14.5. The lowest BCUT2D eigenvalue weighted by Crippen LogP contribution is -2.24. The molecule has 106 valence electrons. The van der Waals surface area contributed by atoms with Crippen molar-refractivity contribution >= 4 is 5.69 Å². The summed E-state index contributed by atoms with van der Waals surface area (Å²) in [5.41, 5.74) is 8.38. The van der Waals surface area contributed by atoms with Crippen LogP contribution in [0.2, 0.25) is 0 Å². The van der Waals surface area contributed by atoms with E-state index in [0.29, 0.717) is 18.7 Å². The fourth-order valence-corrected chi connectivity index (χ4v) is 2.12. The van der Waals surface area contributed by atoms with Gasteiger partial charge in [0.2, 0.25) is 0 Å². The summed E-state index contributed by atoms with van der Waals surface area (Å²) < 4.78 is 12.8. The lowest BCUT2D eigenvalue weighted by Gasteiger charge is -2.21. The van der Waals surface area contributed by atoms with Crippen LogP contribution in [0.3, 0.4) is 0 Å². The van der Waals surface area contributed by atoms with Crippen LogP contribution in [-0.4, -0.2) is 23.6 Å². The largest absolute Gasteiger partial charge is 0.398 e. The number of hydrogen-bond donors (Lipinski definition) is 2. The summed E-state index contributed by atoms with van der Waals surface area (Å²) in [6.45, 7) is 1.12. The van der Waals surface area contributed by atoms with Crippen molar-refractivity contribution in [2.45, 2.75) is 12.6 Å². The lowest BCUT2D eigenvalue weighted by atomic mass is 10.1. The van der Waals surface area contributed by atoms with Crippen molar-refractivity contribution in [1.82, 2.24) is 4.90 Å². The molecular formula is C16H19FN2O. The molecule has 0 aromatic heterocycles. The van der Waals surface area contributed by atoms with Crippen LogP contribution in [0, 0.1) is 5.82 Å². The highest BCUT2D eigenvalue weighted by atomic mass is 19.1. The third-order valence-electron chi connectivity index (χ3n) is 3.23. The number of benzene rings is 2. The van der Waals surface area contributed by atoms with E-state index in [1.54, 1.807) is 12.1 Å². The molecule has 3 nitrogen and oxygen atoms in total. The topological polar surface area (TPSA) is 49.5 Å². The van der Waals surface area contributed by atoms with Crippen molar-refractivity contribution in [3.8, 4) is 0 Å². The summed E-state index contributed by atoms with van der Waals surface area (Å²) in [6.07, 6.45) is -0.648. The highest BCUT2D eigenvalue weighted by molar-refractivity contribution is 5.46. The van der Waals surface area contributed by atoms with Gasteiger partial charge in [0.1, 0.15) is 5.82 Å². The third-order valence-corrected chi connectivity index (χ3v) is 3.23. The fraction of sp³-hybridized carbons (Fsp3) is 0.250. The van der Waals surface area contributed by atoms with Crippen molar-refractivity contribution in [2.24, 2.45) is 0 Å². The van der Waals surface area contributed by atoms with Crippen molar-refractivity contribution in [2.75, 3.05) is 19.3 Å². The standard InChI is InChI=1S/C16H19FN2O/c1-19(10-13-4-2-3-5-15(13)18)11-16(20)12-6-8-14(17)9-7-12/h2-9,16,20H,10-11,18H2,1H3/t16-/m0/s1. The van der Waals surface area contributed by atoms with Gasteiger partial charge in [-0.05, 0) is 36.4 Å². The quantitative estimate of drug-likeness (QED) is 0.824. The first-order valence-electron chi connectivity index (χ1n) is 6.51. The molecule has 0 fully saturated rings. The Bertz CT molecular complexity index is 557. The molecule has 1 atom stereocenters. The van der Waals surface area contributed by atoms with Gasteiger partial charge in [0.15, 0.2) is 0 Å². The number of aliphatic hydroxyl groups is 1. The minimum absolute atomic E-state index is 0.300. The maximum atomic E-state index is 12.8. The van der Waals surface area contributed by atoms with Crippen molar-refractivity contribution in [3.63, 3.8) is 0 Å². The van der Waals surface area contributed by atoms with Crippen molar-refractivity contribution in [3.05, 3.63) is 65.5 Å². The van der Waals surface area contributed by atoms with E-state index >= 15 is 0 Å². The predicted molar refractivity (Wildman–Crippen MR) is 78.5 cm³/mol. The van der Waals surface area contributed by atoms with Gasteiger partial charge in [-0.15, -0.1) is 0 Å². The molecule has 20 heavy (non-hydrogen) atoms. The number of nitrogen functional groups attached to an aromatic ring is 1. The van der Waals surface area contributed by atoms with Gasteiger partial charge in [-0.2, -0.15) is 0 Å². The van der Waals surface area contributed by atoms with E-state index in [9.17, 15) is 9.50 Å². The Hall–Kier alpha value is -1.91. The smallest absolute Gasteiger partial charge is 0.123 e. The van der Waals surface area contributed by atoms with Gasteiger partial charge in [-0.25, -0.2) is 4.39 Å². The Morgan fingerprint density at radius 2 is 1.80 bits per heavy atom. The Morgan fingerprint density at radius 3 is 2.45 bits per heavy atom. The zero-order chi connectivity index (χ0) is 14.5. The van der Waals surface area contributed by atoms with Crippen LogP contribution in [0.4, 0.5) is 10.1 Å². The van der Waals surface area contributed by atoms with Crippen LogP contribution in [0.25, 0.3) is 0 Å². The second-order valence-electron chi connectivity index (χ2n) is 4.96. The van der Waals surface area contributed by atoms with Gasteiger partial charge in [0, 0.05) is 18.8 Å². The Balaban J connectivity index is 1.96. The van der Waals surface area contributed by atoms with E-state index in [4.69, 9.17) is 5.73 Å². The second kappa shape index (κ2) is 6.50. The van der Waals surface area contributed by atoms with Crippen molar-refractivity contribution in [1.29, 1.82) is 0 Å². The van der Waals surface area contributed by atoms with E-state index in [-0.39, 0.29) is 5.82 Å². The minimum atomic E-state index is -0.648. The molecule has 0 amide bonds. The van der Waals surface area contributed by atoms with Crippen LogP contribution >= 0.6 is 0 Å². The Labute approximate surface area is 118 Å². The molecule has 0 radical (unpaired) electrons. The molecule has 3 N–H and O–H groups in total. The zero-order valence-electron chi connectivity index (χ0n) is 11.5. The van der Waals surface area contributed by atoms with Gasteiger partial charge in [0.05, 0.1) is 6.10 Å². The summed E-state index contributed by atoms with van der Waals surface area (Å²) in [4.78, 5) is 1.99. The number of nitrogens with two attached hydrogens (primary N) is 1. The molecule has 4 heteroatoms. The first-order valence-corrected chi connectivity index (χ1v) is 6.51. The van der Waals surface area contributed by atoms with E-state index in [1.807, 2.05) is 36.2 Å². The van der Waals surface area contributed by atoms with Gasteiger partial charge in [-0.3, -0.25) is 4.90 Å². The molecule has 0 saturated heterocycles. The lowest BCUT2D eigenvalue weighted by molar-refractivity contribution is 0.124. The van der Waals surface area contributed by atoms with Crippen LogP contribution in [0.5, 0.6) is 0 Å². The summed E-state index contributed by atoms with van der Waals surface area (Å²) in [5, 5.41) is 10.1. The highest BCUT2D eigenvalue weighted by Gasteiger charge is 2.11. The van der Waals surface area contributed by atoms with Gasteiger partial charge in [-0.1, -0.05) is 30.3 Å². The van der Waals surface area contributed by atoms with E-state index < -0.39 is 6.10 Å². The molecule has 0 bridgehead atoms. The normalized spacial score (nSPS) is 12.6. The molecule has 0 aliphatic heterocycles. The van der Waals surface area contributed by atoms with E-state index in [2.05, 4.69) is 0 Å². The summed E-state index contributed by atoms with van der Waals surface area (Å²) in [6, 6.07) is 13.6. The van der Waals surface area contributed by atoms with Crippen LogP contribution in [0.15, 0.2) is 48.5 Å². The molecular weight excluding hydrogens is 255 g/mol. The number of aliphatic hydroxyl groups excluding tert-OH is 1. The first-order chi connectivity index (χ1) is 9.56. The SMILES string of the molecule is CN(Cc1ccccc1N)C[C@H](O)c1ccc(F)cc1. The molecule has 0 aliphatic carbocycles. The number of nitrogens with zero attached hydrogens (tertiary/aromatic N) is 1. The zero-order valence-corrected chi connectivity index (χ0v) is 11.5. The third kappa shape index (κ3) is 3.79. The molecule has 0 saturated carbocycles. The molecule has 0 heterocycles. The number of anilines is 1. The van der Waals surface area contributed by atoms with Crippen LogP contribution < -0.4 is 5.73 Å². The molecule has 2 rings (SSSR count). The average molecular weight is 274 g/mol. The fourth-order valence-electron chi connectivity index (χ4n) is 2.12.